The first-order valence-electron chi connectivity index (χ1n) is 7.54. The molecule has 2 rings (SSSR count). The van der Waals surface area contributed by atoms with Gasteiger partial charge in [-0.2, -0.15) is 4.73 Å². The Balaban J connectivity index is 2.47. The highest BCUT2D eigenvalue weighted by Gasteiger charge is 2.28. The first-order chi connectivity index (χ1) is 11.9. The number of carbonyl (C=O) groups excluding carboxylic acids is 2. The number of ether oxygens (including phenoxy) is 2. The number of aromatic nitrogens is 2. The van der Waals surface area contributed by atoms with Crippen molar-refractivity contribution in [1.29, 1.82) is 0 Å². The van der Waals surface area contributed by atoms with Crippen LogP contribution in [0.5, 0.6) is 0 Å². The third-order valence-electron chi connectivity index (χ3n) is 3.45. The molecule has 0 unspecified atom stereocenters. The summed E-state index contributed by atoms with van der Waals surface area (Å²) in [5, 5.41) is 12.9. The lowest BCUT2D eigenvalue weighted by Gasteiger charge is -2.11. The first kappa shape index (κ1) is 19.2. The minimum absolute atomic E-state index is 0.0161. The largest absolute Gasteiger partial charge is 0.618 e. The van der Waals surface area contributed by atoms with Crippen LogP contribution in [0.3, 0.4) is 0 Å². The zero-order valence-corrected chi connectivity index (χ0v) is 15.2. The van der Waals surface area contributed by atoms with Crippen molar-refractivity contribution in [3.8, 4) is 0 Å². The van der Waals surface area contributed by atoms with Gasteiger partial charge in [0.2, 0.25) is 5.52 Å². The fraction of sp³-hybridized carbons (Fsp3) is 0.375. The lowest BCUT2D eigenvalue weighted by Crippen LogP contribution is -2.38. The van der Waals surface area contributed by atoms with Crippen LogP contribution in [0.1, 0.15) is 42.4 Å². The molecule has 0 aliphatic heterocycles. The van der Waals surface area contributed by atoms with E-state index < -0.39 is 11.9 Å². The maximum Gasteiger partial charge on any atom is 0.406 e. The fourth-order valence-electron chi connectivity index (χ4n) is 2.15. The number of nitrogens with zero attached hydrogens (tertiary/aromatic N) is 2. The number of hydrogen-bond acceptors (Lipinski definition) is 6. The van der Waals surface area contributed by atoms with Crippen LogP contribution in [0.2, 0.25) is 10.0 Å². The monoisotopic (exact) mass is 386 g/mol. The van der Waals surface area contributed by atoms with Gasteiger partial charge in [0, 0.05) is 12.5 Å². The Bertz CT molecular complexity index is 826. The molecule has 0 spiro atoms. The highest BCUT2D eigenvalue weighted by atomic mass is 35.5. The molecule has 0 N–H and O–H groups in total. The van der Waals surface area contributed by atoms with Crippen molar-refractivity contribution < 1.29 is 23.8 Å². The van der Waals surface area contributed by atoms with Gasteiger partial charge >= 0.3 is 17.6 Å². The molecular weight excluding hydrogens is 371 g/mol. The smallest absolute Gasteiger partial charge is 0.406 e. The molecule has 25 heavy (non-hydrogen) atoms. The van der Waals surface area contributed by atoms with Crippen LogP contribution in [0.4, 0.5) is 0 Å². The molecule has 1 aromatic heterocycles. The number of benzene rings is 1. The molecule has 0 bridgehead atoms. The molecule has 1 aromatic carbocycles. The van der Waals surface area contributed by atoms with E-state index in [4.69, 9.17) is 27.9 Å². The van der Waals surface area contributed by atoms with E-state index in [9.17, 15) is 14.8 Å². The van der Waals surface area contributed by atoms with E-state index in [1.54, 1.807) is 0 Å². The fourth-order valence-corrected chi connectivity index (χ4v) is 2.47. The minimum Gasteiger partial charge on any atom is -0.618 e. The predicted molar refractivity (Wildman–Crippen MR) is 91.4 cm³/mol. The van der Waals surface area contributed by atoms with Crippen LogP contribution in [0.15, 0.2) is 12.1 Å². The molecular formula is C16H16Cl2N2O5. The summed E-state index contributed by atoms with van der Waals surface area (Å²) in [7, 11) is 1.14. The average molecular weight is 387 g/mol. The lowest BCUT2D eigenvalue weighted by molar-refractivity contribution is -0.581. The van der Waals surface area contributed by atoms with E-state index in [1.807, 2.05) is 6.92 Å². The first-order valence-corrected chi connectivity index (χ1v) is 8.29. The summed E-state index contributed by atoms with van der Waals surface area (Å²) in [5.74, 6) is -1.33. The summed E-state index contributed by atoms with van der Waals surface area (Å²) in [5.41, 5.74) is -0.109. The van der Waals surface area contributed by atoms with E-state index in [0.29, 0.717) is 11.2 Å². The maximum absolute atomic E-state index is 12.6. The number of carbonyl (C=O) groups is 2. The molecule has 0 radical (unpaired) electrons. The molecule has 0 atom stereocenters. The average Bonchev–Trinajstić information content (AvgIpc) is 2.59. The van der Waals surface area contributed by atoms with Crippen molar-refractivity contribution in [3.05, 3.63) is 38.8 Å². The van der Waals surface area contributed by atoms with Crippen molar-refractivity contribution in [2.45, 2.75) is 32.8 Å². The van der Waals surface area contributed by atoms with Gasteiger partial charge in [-0.05, 0) is 12.5 Å². The SMILES string of the molecule is CCCCC(=O)OCc1nc2cc(Cl)c(Cl)cc2[n+]([O-])c1C(=O)OC. The van der Waals surface area contributed by atoms with Crippen LogP contribution in [0.25, 0.3) is 11.0 Å². The van der Waals surface area contributed by atoms with Gasteiger partial charge in [-0.25, -0.2) is 9.78 Å². The topological polar surface area (TPSA) is 92.4 Å². The zero-order valence-electron chi connectivity index (χ0n) is 13.7. The quantitative estimate of drug-likeness (QED) is 0.429. The Morgan fingerprint density at radius 1 is 1.28 bits per heavy atom. The minimum atomic E-state index is -0.893. The second-order valence-corrected chi connectivity index (χ2v) is 6.03. The molecule has 0 fully saturated rings. The van der Waals surface area contributed by atoms with Crippen molar-refractivity contribution in [1.82, 2.24) is 4.98 Å². The summed E-state index contributed by atoms with van der Waals surface area (Å²) in [4.78, 5) is 27.9. The number of fused-ring (bicyclic) bond motifs is 1. The van der Waals surface area contributed by atoms with E-state index >= 15 is 0 Å². The molecule has 0 saturated carbocycles. The van der Waals surface area contributed by atoms with E-state index in [1.165, 1.54) is 12.1 Å². The Hall–Kier alpha value is -2.12. The summed E-state index contributed by atoms with van der Waals surface area (Å²) in [6.45, 7) is 1.62. The van der Waals surface area contributed by atoms with Gasteiger partial charge in [-0.1, -0.05) is 36.5 Å². The predicted octanol–water partition coefficient (Wildman–Crippen LogP) is 3.20. The van der Waals surface area contributed by atoms with E-state index in [0.717, 1.165) is 13.5 Å². The highest BCUT2D eigenvalue weighted by molar-refractivity contribution is 6.42. The number of rotatable bonds is 6. The third kappa shape index (κ3) is 4.29. The molecule has 0 aliphatic carbocycles. The zero-order chi connectivity index (χ0) is 18.6. The summed E-state index contributed by atoms with van der Waals surface area (Å²) < 4.78 is 10.1. The number of methoxy groups -OCH3 is 1. The molecule has 2 aromatic rings. The van der Waals surface area contributed by atoms with Gasteiger partial charge in [0.1, 0.15) is 12.1 Å². The van der Waals surface area contributed by atoms with Gasteiger partial charge in [0.15, 0.2) is 5.69 Å². The molecule has 9 heteroatoms. The number of hydrogen-bond donors (Lipinski definition) is 0. The highest BCUT2D eigenvalue weighted by Crippen LogP contribution is 2.26. The van der Waals surface area contributed by atoms with Crippen molar-refractivity contribution in [3.63, 3.8) is 0 Å². The van der Waals surface area contributed by atoms with Crippen LogP contribution in [-0.4, -0.2) is 24.0 Å². The van der Waals surface area contributed by atoms with E-state index in [-0.39, 0.29) is 45.5 Å². The van der Waals surface area contributed by atoms with Crippen molar-refractivity contribution in [2.24, 2.45) is 0 Å². The molecule has 134 valence electrons. The van der Waals surface area contributed by atoms with Crippen LogP contribution < -0.4 is 4.73 Å². The van der Waals surface area contributed by atoms with Crippen LogP contribution >= 0.6 is 23.2 Å². The number of halogens is 2. The second kappa shape index (κ2) is 8.31. The maximum atomic E-state index is 12.6. The summed E-state index contributed by atoms with van der Waals surface area (Å²) in [6.07, 6.45) is 1.77. The molecule has 0 aliphatic rings. The van der Waals surface area contributed by atoms with Gasteiger partial charge in [0.05, 0.1) is 17.2 Å². The number of unbranched alkanes of at least 4 members (excludes halogenated alkanes) is 1. The summed E-state index contributed by atoms with van der Waals surface area (Å²) in [6, 6.07) is 2.71. The van der Waals surface area contributed by atoms with Gasteiger partial charge in [-0.3, -0.25) is 4.79 Å². The van der Waals surface area contributed by atoms with Crippen molar-refractivity contribution in [2.75, 3.05) is 7.11 Å². The molecule has 7 nitrogen and oxygen atoms in total. The van der Waals surface area contributed by atoms with Gasteiger partial charge < -0.3 is 14.7 Å². The number of esters is 2. The molecule has 0 amide bonds. The van der Waals surface area contributed by atoms with Crippen LogP contribution in [0, 0.1) is 5.21 Å². The third-order valence-corrected chi connectivity index (χ3v) is 4.17. The Labute approximate surface area is 154 Å². The summed E-state index contributed by atoms with van der Waals surface area (Å²) >= 11 is 11.9. The Morgan fingerprint density at radius 2 is 1.96 bits per heavy atom. The second-order valence-electron chi connectivity index (χ2n) is 5.21. The standard InChI is InChI=1S/C16H16Cl2N2O5/c1-3-4-5-14(21)25-8-12-15(16(22)24-2)20(23)13-7-10(18)9(17)6-11(13)19-12/h6-7H,3-5,8H2,1-2H3. The van der Waals surface area contributed by atoms with E-state index in [2.05, 4.69) is 9.72 Å². The van der Waals surface area contributed by atoms with Gasteiger partial charge in [0.25, 0.3) is 0 Å². The van der Waals surface area contributed by atoms with Crippen molar-refractivity contribution >= 4 is 46.2 Å². The Morgan fingerprint density at radius 3 is 2.60 bits per heavy atom. The van der Waals surface area contributed by atoms with Crippen LogP contribution in [-0.2, 0) is 20.9 Å². The normalized spacial score (nSPS) is 10.7. The molecule has 0 saturated heterocycles. The van der Waals surface area contributed by atoms with Gasteiger partial charge in [-0.15, -0.1) is 0 Å². The molecule has 1 heterocycles. The Kier molecular flexibility index (Phi) is 6.39. The lowest BCUT2D eigenvalue weighted by atomic mass is 10.2.